The molecule has 1 fully saturated rings. The zero-order valence-electron chi connectivity index (χ0n) is 18.6. The number of unbranched alkanes of at least 4 members (excludes halogenated alkanes) is 5. The van der Waals surface area contributed by atoms with Crippen LogP contribution >= 0.6 is 0 Å². The normalized spacial score (nSPS) is 19.4. The van der Waals surface area contributed by atoms with Crippen LogP contribution < -0.4 is 4.74 Å². The van der Waals surface area contributed by atoms with Crippen LogP contribution in [0, 0.1) is 5.92 Å². The Bertz CT molecular complexity index is 757. The van der Waals surface area contributed by atoms with Crippen LogP contribution in [0.2, 0.25) is 0 Å². The highest BCUT2D eigenvalue weighted by Gasteiger charge is 2.31. The maximum absolute atomic E-state index is 12.3. The molecule has 1 nitrogen and oxygen atoms in total. The molecule has 0 saturated heterocycles. The predicted molar refractivity (Wildman–Crippen MR) is 121 cm³/mol. The van der Waals surface area contributed by atoms with Gasteiger partial charge in [-0.3, -0.25) is 0 Å². The number of benzene rings is 2. The van der Waals surface area contributed by atoms with Gasteiger partial charge in [-0.05, 0) is 66.3 Å². The van der Waals surface area contributed by atoms with Crippen LogP contribution in [0.3, 0.4) is 0 Å². The minimum Gasteiger partial charge on any atom is -0.406 e. The van der Waals surface area contributed by atoms with Gasteiger partial charge in [0, 0.05) is 0 Å². The minimum absolute atomic E-state index is 0.189. The molecule has 1 saturated carbocycles. The molecule has 3 rings (SSSR count). The summed E-state index contributed by atoms with van der Waals surface area (Å²) in [5.74, 6) is 1.35. The highest BCUT2D eigenvalue weighted by molar-refractivity contribution is 5.64. The van der Waals surface area contributed by atoms with Gasteiger partial charge in [-0.15, -0.1) is 13.2 Å². The Morgan fingerprint density at radius 3 is 1.87 bits per heavy atom. The van der Waals surface area contributed by atoms with Crippen LogP contribution in [0.15, 0.2) is 48.5 Å². The van der Waals surface area contributed by atoms with E-state index in [2.05, 4.69) is 35.9 Å². The molecule has 170 valence electrons. The topological polar surface area (TPSA) is 9.23 Å². The first kappa shape index (κ1) is 23.7. The summed E-state index contributed by atoms with van der Waals surface area (Å²) in [6.45, 7) is 2.26. The Kier molecular flexibility index (Phi) is 8.86. The average molecular weight is 433 g/mol. The van der Waals surface area contributed by atoms with E-state index in [0.29, 0.717) is 5.92 Å². The molecule has 0 bridgehead atoms. The van der Waals surface area contributed by atoms with Gasteiger partial charge in [0.05, 0.1) is 0 Å². The monoisotopic (exact) mass is 432 g/mol. The lowest BCUT2D eigenvalue weighted by atomic mass is 9.77. The standard InChI is InChI=1S/C27H35F3O/c1-2-3-4-5-6-7-8-21-9-11-22(12-10-21)23-13-15-24(16-14-23)25-17-19-26(20-18-25)31-27(28,29)30/h13-22H,2-12H2,1H3/t21-,22-. The maximum atomic E-state index is 12.3. The largest absolute Gasteiger partial charge is 0.573 e. The third-order valence-corrected chi connectivity index (χ3v) is 6.62. The first-order chi connectivity index (χ1) is 14.9. The Hall–Kier alpha value is -1.97. The fourth-order valence-corrected chi connectivity index (χ4v) is 4.79. The summed E-state index contributed by atoms with van der Waals surface area (Å²) in [6, 6.07) is 14.6. The van der Waals surface area contributed by atoms with Crippen molar-refractivity contribution in [3.8, 4) is 16.9 Å². The second kappa shape index (κ2) is 11.6. The number of hydrogen-bond donors (Lipinski definition) is 0. The van der Waals surface area contributed by atoms with Crippen molar-refractivity contribution in [2.75, 3.05) is 0 Å². The number of halogens is 3. The molecular weight excluding hydrogens is 397 g/mol. The molecule has 2 aromatic rings. The first-order valence-corrected chi connectivity index (χ1v) is 11.9. The van der Waals surface area contributed by atoms with E-state index in [4.69, 9.17) is 0 Å². The van der Waals surface area contributed by atoms with Crippen LogP contribution in [0.4, 0.5) is 13.2 Å². The van der Waals surface area contributed by atoms with E-state index in [0.717, 1.165) is 17.0 Å². The number of alkyl halides is 3. The molecule has 1 aliphatic carbocycles. The van der Waals surface area contributed by atoms with Crippen molar-refractivity contribution in [1.82, 2.24) is 0 Å². The van der Waals surface area contributed by atoms with E-state index in [-0.39, 0.29) is 5.75 Å². The molecule has 1 aliphatic rings. The molecule has 0 unspecified atom stereocenters. The molecule has 0 atom stereocenters. The summed E-state index contributed by atoms with van der Waals surface area (Å²) < 4.78 is 40.9. The zero-order valence-corrected chi connectivity index (χ0v) is 18.6. The van der Waals surface area contributed by atoms with Gasteiger partial charge >= 0.3 is 6.36 Å². The molecule has 31 heavy (non-hydrogen) atoms. The quantitative estimate of drug-likeness (QED) is 0.340. The molecule has 0 radical (unpaired) electrons. The van der Waals surface area contributed by atoms with Crippen molar-refractivity contribution in [3.63, 3.8) is 0 Å². The third-order valence-electron chi connectivity index (χ3n) is 6.62. The molecule has 0 heterocycles. The Balaban J connectivity index is 1.44. The van der Waals surface area contributed by atoms with Crippen LogP contribution in [0.25, 0.3) is 11.1 Å². The Labute approximate surface area is 185 Å². The minimum atomic E-state index is -4.66. The second-order valence-electron chi connectivity index (χ2n) is 8.97. The SMILES string of the molecule is CCCCCCCC[C@H]1CC[C@H](c2ccc(-c3ccc(OC(F)(F)F)cc3)cc2)CC1. The molecule has 2 aromatic carbocycles. The van der Waals surface area contributed by atoms with Crippen molar-refractivity contribution >= 4 is 0 Å². The van der Waals surface area contributed by atoms with E-state index in [1.807, 2.05) is 0 Å². The molecule has 0 aliphatic heterocycles. The van der Waals surface area contributed by atoms with Crippen LogP contribution in [0.5, 0.6) is 5.75 Å². The number of hydrogen-bond acceptors (Lipinski definition) is 1. The van der Waals surface area contributed by atoms with Crippen molar-refractivity contribution < 1.29 is 17.9 Å². The molecular formula is C27H35F3O. The lowest BCUT2D eigenvalue weighted by Crippen LogP contribution is -2.16. The fraction of sp³-hybridized carbons (Fsp3) is 0.556. The van der Waals surface area contributed by atoms with Gasteiger partial charge in [-0.1, -0.05) is 88.3 Å². The van der Waals surface area contributed by atoms with E-state index >= 15 is 0 Å². The van der Waals surface area contributed by atoms with E-state index < -0.39 is 6.36 Å². The zero-order chi connectivity index (χ0) is 22.1. The van der Waals surface area contributed by atoms with E-state index in [1.54, 1.807) is 12.1 Å². The van der Waals surface area contributed by atoms with Gasteiger partial charge in [0.1, 0.15) is 5.75 Å². The summed E-state index contributed by atoms with van der Waals surface area (Å²) in [5.41, 5.74) is 3.29. The van der Waals surface area contributed by atoms with Crippen LogP contribution in [-0.4, -0.2) is 6.36 Å². The highest BCUT2D eigenvalue weighted by Crippen LogP contribution is 2.38. The van der Waals surface area contributed by atoms with Gasteiger partial charge in [-0.2, -0.15) is 0 Å². The summed E-state index contributed by atoms with van der Waals surface area (Å²) in [5, 5.41) is 0. The van der Waals surface area contributed by atoms with E-state index in [9.17, 15) is 13.2 Å². The number of ether oxygens (including phenoxy) is 1. The lowest BCUT2D eigenvalue weighted by molar-refractivity contribution is -0.274. The molecule has 0 N–H and O–H groups in total. The fourth-order valence-electron chi connectivity index (χ4n) is 4.79. The highest BCUT2D eigenvalue weighted by atomic mass is 19.4. The molecule has 0 amide bonds. The van der Waals surface area contributed by atoms with Gasteiger partial charge in [0.25, 0.3) is 0 Å². The molecule has 4 heteroatoms. The smallest absolute Gasteiger partial charge is 0.406 e. The lowest BCUT2D eigenvalue weighted by Gasteiger charge is -2.29. The summed E-state index contributed by atoms with van der Waals surface area (Å²) in [4.78, 5) is 0. The van der Waals surface area contributed by atoms with Crippen LogP contribution in [0.1, 0.15) is 89.0 Å². The third kappa shape index (κ3) is 7.90. The second-order valence-corrected chi connectivity index (χ2v) is 8.97. The number of rotatable bonds is 10. The first-order valence-electron chi connectivity index (χ1n) is 11.9. The van der Waals surface area contributed by atoms with Crippen molar-refractivity contribution in [1.29, 1.82) is 0 Å². The molecule has 0 aromatic heterocycles. The Morgan fingerprint density at radius 1 is 0.742 bits per heavy atom. The molecule has 0 spiro atoms. The summed E-state index contributed by atoms with van der Waals surface area (Å²) >= 11 is 0. The van der Waals surface area contributed by atoms with Gasteiger partial charge in [0.2, 0.25) is 0 Å². The Morgan fingerprint density at radius 2 is 1.29 bits per heavy atom. The predicted octanol–water partition coefficient (Wildman–Crippen LogP) is 9.28. The maximum Gasteiger partial charge on any atom is 0.573 e. The van der Waals surface area contributed by atoms with Gasteiger partial charge in [-0.25, -0.2) is 0 Å². The van der Waals surface area contributed by atoms with Gasteiger partial charge < -0.3 is 4.74 Å². The van der Waals surface area contributed by atoms with Crippen molar-refractivity contribution in [3.05, 3.63) is 54.1 Å². The van der Waals surface area contributed by atoms with Crippen LogP contribution in [-0.2, 0) is 0 Å². The van der Waals surface area contributed by atoms with Crippen molar-refractivity contribution in [2.24, 2.45) is 5.92 Å². The van der Waals surface area contributed by atoms with Crippen molar-refractivity contribution in [2.45, 2.75) is 89.8 Å². The summed E-state index contributed by atoms with van der Waals surface area (Å²) in [7, 11) is 0. The average Bonchev–Trinajstić information content (AvgIpc) is 2.76. The van der Waals surface area contributed by atoms with E-state index in [1.165, 1.54) is 88.3 Å². The summed E-state index contributed by atoms with van der Waals surface area (Å²) in [6.07, 6.45) is 10.2. The van der Waals surface area contributed by atoms with Gasteiger partial charge in [0.15, 0.2) is 0 Å².